The standard InChI is InChI=1S/C14H25NO3/c1-4-15(11(3)9-13(16)17)14(18)12-7-5-10(2)6-8-12/h10-12H,4-9H2,1-3H3,(H,16,17). The Morgan fingerprint density at radius 1 is 1.28 bits per heavy atom. The van der Waals surface area contributed by atoms with E-state index in [-0.39, 0.29) is 24.3 Å². The van der Waals surface area contributed by atoms with Crippen molar-refractivity contribution in [3.63, 3.8) is 0 Å². The van der Waals surface area contributed by atoms with Gasteiger partial charge in [0.25, 0.3) is 0 Å². The van der Waals surface area contributed by atoms with Gasteiger partial charge >= 0.3 is 5.97 Å². The van der Waals surface area contributed by atoms with Crippen LogP contribution in [0.1, 0.15) is 52.9 Å². The monoisotopic (exact) mass is 255 g/mol. The molecular formula is C14H25NO3. The first-order valence-electron chi connectivity index (χ1n) is 6.98. The second-order valence-electron chi connectivity index (χ2n) is 5.53. The third-order valence-electron chi connectivity index (χ3n) is 3.99. The Morgan fingerprint density at radius 3 is 2.28 bits per heavy atom. The largest absolute Gasteiger partial charge is 0.481 e. The lowest BCUT2D eigenvalue weighted by molar-refractivity contribution is -0.142. The number of rotatable bonds is 5. The van der Waals surface area contributed by atoms with Crippen LogP contribution in [0.2, 0.25) is 0 Å². The molecule has 0 aromatic carbocycles. The number of amides is 1. The maximum absolute atomic E-state index is 12.4. The van der Waals surface area contributed by atoms with E-state index in [4.69, 9.17) is 5.11 Å². The summed E-state index contributed by atoms with van der Waals surface area (Å²) in [5, 5.41) is 8.82. The molecule has 1 fully saturated rings. The van der Waals surface area contributed by atoms with Crippen LogP contribution in [0.15, 0.2) is 0 Å². The molecular weight excluding hydrogens is 230 g/mol. The molecule has 0 saturated heterocycles. The molecule has 1 saturated carbocycles. The van der Waals surface area contributed by atoms with Gasteiger partial charge in [-0.1, -0.05) is 6.92 Å². The van der Waals surface area contributed by atoms with Crippen LogP contribution < -0.4 is 0 Å². The fourth-order valence-electron chi connectivity index (χ4n) is 2.79. The number of carbonyl (C=O) groups excluding carboxylic acids is 1. The summed E-state index contributed by atoms with van der Waals surface area (Å²) in [4.78, 5) is 24.9. The van der Waals surface area contributed by atoms with Gasteiger partial charge < -0.3 is 10.0 Å². The van der Waals surface area contributed by atoms with E-state index in [1.54, 1.807) is 4.90 Å². The first-order valence-corrected chi connectivity index (χ1v) is 6.98. The van der Waals surface area contributed by atoms with Crippen molar-refractivity contribution in [1.82, 2.24) is 4.90 Å². The second-order valence-corrected chi connectivity index (χ2v) is 5.53. The molecule has 4 nitrogen and oxygen atoms in total. The van der Waals surface area contributed by atoms with Crippen molar-refractivity contribution in [2.75, 3.05) is 6.54 Å². The third kappa shape index (κ3) is 4.00. The molecule has 1 rings (SSSR count). The Bertz CT molecular complexity index is 295. The number of carbonyl (C=O) groups is 2. The van der Waals surface area contributed by atoms with Gasteiger partial charge in [-0.25, -0.2) is 0 Å². The van der Waals surface area contributed by atoms with Gasteiger partial charge in [-0.2, -0.15) is 0 Å². The van der Waals surface area contributed by atoms with Gasteiger partial charge in [0, 0.05) is 18.5 Å². The number of hydrogen-bond donors (Lipinski definition) is 1. The topological polar surface area (TPSA) is 57.6 Å². The van der Waals surface area contributed by atoms with Crippen molar-refractivity contribution in [3.8, 4) is 0 Å². The lowest BCUT2D eigenvalue weighted by Crippen LogP contribution is -2.43. The fourth-order valence-corrected chi connectivity index (χ4v) is 2.79. The first kappa shape index (κ1) is 15.0. The minimum Gasteiger partial charge on any atom is -0.481 e. The molecule has 0 aliphatic heterocycles. The van der Waals surface area contributed by atoms with Crippen LogP contribution in [0.25, 0.3) is 0 Å². The molecule has 0 spiro atoms. The van der Waals surface area contributed by atoms with Crippen molar-refractivity contribution in [2.24, 2.45) is 11.8 Å². The molecule has 1 amide bonds. The summed E-state index contributed by atoms with van der Waals surface area (Å²) in [6.07, 6.45) is 4.16. The van der Waals surface area contributed by atoms with E-state index >= 15 is 0 Å². The zero-order chi connectivity index (χ0) is 13.7. The number of aliphatic carboxylic acids is 1. The maximum atomic E-state index is 12.4. The third-order valence-corrected chi connectivity index (χ3v) is 3.99. The molecule has 0 radical (unpaired) electrons. The van der Waals surface area contributed by atoms with E-state index in [0.29, 0.717) is 6.54 Å². The summed E-state index contributed by atoms with van der Waals surface area (Å²) in [5.74, 6) is 0.141. The Kier molecular flexibility index (Phi) is 5.63. The molecule has 104 valence electrons. The smallest absolute Gasteiger partial charge is 0.305 e. The lowest BCUT2D eigenvalue weighted by Gasteiger charge is -2.33. The molecule has 4 heteroatoms. The number of hydrogen-bond acceptors (Lipinski definition) is 2. The van der Waals surface area contributed by atoms with Crippen LogP contribution in [0, 0.1) is 11.8 Å². The number of carboxylic acids is 1. The van der Waals surface area contributed by atoms with Crippen molar-refractivity contribution in [1.29, 1.82) is 0 Å². The van der Waals surface area contributed by atoms with E-state index in [1.165, 1.54) is 0 Å². The van der Waals surface area contributed by atoms with Crippen molar-refractivity contribution in [3.05, 3.63) is 0 Å². The van der Waals surface area contributed by atoms with Crippen LogP contribution in [0.5, 0.6) is 0 Å². The molecule has 1 unspecified atom stereocenters. The molecule has 0 heterocycles. The summed E-state index contributed by atoms with van der Waals surface area (Å²) in [6.45, 7) is 6.56. The maximum Gasteiger partial charge on any atom is 0.305 e. The summed E-state index contributed by atoms with van der Waals surface area (Å²) in [5.41, 5.74) is 0. The van der Waals surface area contributed by atoms with E-state index in [2.05, 4.69) is 6.92 Å². The Balaban J connectivity index is 2.58. The summed E-state index contributed by atoms with van der Waals surface area (Å²) >= 11 is 0. The normalized spacial score (nSPS) is 25.5. The Morgan fingerprint density at radius 2 is 1.83 bits per heavy atom. The highest BCUT2D eigenvalue weighted by Gasteiger charge is 2.30. The molecule has 1 N–H and O–H groups in total. The van der Waals surface area contributed by atoms with Gasteiger partial charge in [0.1, 0.15) is 0 Å². The van der Waals surface area contributed by atoms with Crippen LogP contribution in [0.3, 0.4) is 0 Å². The summed E-state index contributed by atoms with van der Waals surface area (Å²) in [7, 11) is 0. The van der Waals surface area contributed by atoms with Crippen LogP contribution >= 0.6 is 0 Å². The zero-order valence-electron chi connectivity index (χ0n) is 11.7. The van der Waals surface area contributed by atoms with Gasteiger partial charge in [-0.05, 0) is 45.4 Å². The highest BCUT2D eigenvalue weighted by molar-refractivity contribution is 5.80. The van der Waals surface area contributed by atoms with Gasteiger partial charge in [0.15, 0.2) is 0 Å². The average Bonchev–Trinajstić information content (AvgIpc) is 2.29. The molecule has 0 aromatic heterocycles. The quantitative estimate of drug-likeness (QED) is 0.821. The zero-order valence-corrected chi connectivity index (χ0v) is 11.7. The molecule has 1 aliphatic rings. The average molecular weight is 255 g/mol. The fraction of sp³-hybridized carbons (Fsp3) is 0.857. The van der Waals surface area contributed by atoms with E-state index in [1.807, 2.05) is 13.8 Å². The predicted molar refractivity (Wildman–Crippen MR) is 70.2 cm³/mol. The van der Waals surface area contributed by atoms with E-state index < -0.39 is 5.97 Å². The predicted octanol–water partition coefficient (Wildman–Crippen LogP) is 2.52. The van der Waals surface area contributed by atoms with E-state index in [0.717, 1.165) is 31.6 Å². The minimum atomic E-state index is -0.842. The molecule has 0 aromatic rings. The highest BCUT2D eigenvalue weighted by Crippen LogP contribution is 2.30. The van der Waals surface area contributed by atoms with Gasteiger partial charge in [0.05, 0.1) is 6.42 Å². The van der Waals surface area contributed by atoms with Crippen LogP contribution in [0.4, 0.5) is 0 Å². The minimum absolute atomic E-state index is 0.0305. The van der Waals surface area contributed by atoms with Crippen molar-refractivity contribution < 1.29 is 14.7 Å². The molecule has 1 atom stereocenters. The lowest BCUT2D eigenvalue weighted by atomic mass is 9.82. The highest BCUT2D eigenvalue weighted by atomic mass is 16.4. The van der Waals surface area contributed by atoms with Crippen LogP contribution in [-0.2, 0) is 9.59 Å². The molecule has 1 aliphatic carbocycles. The molecule has 0 bridgehead atoms. The molecule has 18 heavy (non-hydrogen) atoms. The SMILES string of the molecule is CCN(C(=O)C1CCC(C)CC1)C(C)CC(=O)O. The Labute approximate surface area is 109 Å². The van der Waals surface area contributed by atoms with Crippen molar-refractivity contribution >= 4 is 11.9 Å². The van der Waals surface area contributed by atoms with E-state index in [9.17, 15) is 9.59 Å². The Hall–Kier alpha value is -1.06. The first-order chi connectivity index (χ1) is 8.45. The van der Waals surface area contributed by atoms with Gasteiger partial charge in [-0.15, -0.1) is 0 Å². The van der Waals surface area contributed by atoms with Crippen LogP contribution in [-0.4, -0.2) is 34.5 Å². The van der Waals surface area contributed by atoms with Crippen molar-refractivity contribution in [2.45, 2.75) is 58.9 Å². The number of nitrogens with zero attached hydrogens (tertiary/aromatic N) is 1. The number of carboxylic acid groups (broad SMARTS) is 1. The summed E-state index contributed by atoms with van der Waals surface area (Å²) < 4.78 is 0. The van der Waals surface area contributed by atoms with Gasteiger partial charge in [-0.3, -0.25) is 9.59 Å². The van der Waals surface area contributed by atoms with Gasteiger partial charge in [0.2, 0.25) is 5.91 Å². The summed E-state index contributed by atoms with van der Waals surface area (Å²) in [6, 6.07) is -0.209. The second kappa shape index (κ2) is 6.76.